The molecule has 0 aromatic heterocycles. The second kappa shape index (κ2) is 17.6. The normalized spacial score (nSPS) is 17.5. The van der Waals surface area contributed by atoms with Crippen molar-refractivity contribution in [2.75, 3.05) is 72.0 Å². The fraction of sp³-hybridized carbons (Fsp3) is 1.00. The molecule has 1 aliphatic heterocycles. The number of hydrogen-bond donors (Lipinski definition) is 3. The van der Waals surface area contributed by atoms with Gasteiger partial charge < -0.3 is 16.6 Å². The van der Waals surface area contributed by atoms with E-state index < -0.39 is 0 Å². The van der Waals surface area contributed by atoms with Gasteiger partial charge in [0, 0.05) is 72.0 Å². The lowest BCUT2D eigenvalue weighted by Gasteiger charge is -2.35. The van der Waals surface area contributed by atoms with Crippen LogP contribution in [0.4, 0.5) is 0 Å². The molecule has 5 N–H and O–H groups in total. The number of aliphatic hydroxyl groups excluding tert-OH is 1. The number of nitrogens with two attached hydrogens (primary N) is 2. The van der Waals surface area contributed by atoms with E-state index >= 15 is 0 Å². The molecule has 1 rings (SSSR count). The molecule has 1 atom stereocenters. The monoisotopic (exact) mass is 399 g/mol. The highest BCUT2D eigenvalue weighted by Crippen LogP contribution is 2.11. The van der Waals surface area contributed by atoms with Crippen molar-refractivity contribution in [3.8, 4) is 0 Å². The van der Waals surface area contributed by atoms with Gasteiger partial charge in [0.25, 0.3) is 0 Å². The van der Waals surface area contributed by atoms with Crippen LogP contribution in [0, 0.1) is 0 Å². The number of hydrogen-bond acceptors (Lipinski definition) is 6. The molecule has 0 aliphatic carbocycles. The standard InChI is InChI=1S/C22H49N5O/c1-2-3-4-5-6-7-8-9-10-22(28)21-27(14-12-24)20-19-26-17-15-25(13-11-23)16-18-26/h22,28H,2-21,23-24H2,1H3. The van der Waals surface area contributed by atoms with Crippen LogP contribution < -0.4 is 11.5 Å². The van der Waals surface area contributed by atoms with Gasteiger partial charge in [0.15, 0.2) is 0 Å². The third-order valence-electron chi connectivity index (χ3n) is 5.95. The molecule has 28 heavy (non-hydrogen) atoms. The van der Waals surface area contributed by atoms with Gasteiger partial charge in [-0.05, 0) is 6.42 Å². The van der Waals surface area contributed by atoms with E-state index in [1.807, 2.05) is 0 Å². The van der Waals surface area contributed by atoms with Crippen molar-refractivity contribution in [2.24, 2.45) is 11.5 Å². The summed E-state index contributed by atoms with van der Waals surface area (Å²) in [7, 11) is 0. The van der Waals surface area contributed by atoms with Crippen molar-refractivity contribution >= 4 is 0 Å². The molecule has 0 amide bonds. The highest BCUT2D eigenvalue weighted by molar-refractivity contribution is 4.74. The molecule has 0 radical (unpaired) electrons. The largest absolute Gasteiger partial charge is 0.392 e. The summed E-state index contributed by atoms with van der Waals surface area (Å²) in [5.74, 6) is 0. The van der Waals surface area contributed by atoms with Crippen LogP contribution in [0.25, 0.3) is 0 Å². The van der Waals surface area contributed by atoms with E-state index in [-0.39, 0.29) is 6.10 Å². The van der Waals surface area contributed by atoms with Gasteiger partial charge in [0.05, 0.1) is 6.10 Å². The van der Waals surface area contributed by atoms with Crippen molar-refractivity contribution < 1.29 is 5.11 Å². The number of piperazine rings is 1. The fourth-order valence-electron chi connectivity index (χ4n) is 4.08. The Labute approximate surface area is 174 Å². The smallest absolute Gasteiger partial charge is 0.0667 e. The fourth-order valence-corrected chi connectivity index (χ4v) is 4.08. The van der Waals surface area contributed by atoms with E-state index in [4.69, 9.17) is 11.5 Å². The van der Waals surface area contributed by atoms with E-state index in [9.17, 15) is 5.11 Å². The molecule has 0 spiro atoms. The van der Waals surface area contributed by atoms with Crippen LogP contribution in [-0.2, 0) is 0 Å². The van der Waals surface area contributed by atoms with Gasteiger partial charge in [-0.25, -0.2) is 0 Å². The summed E-state index contributed by atoms with van der Waals surface area (Å²) in [6, 6.07) is 0. The number of aliphatic hydroxyl groups is 1. The number of nitrogens with zero attached hydrogens (tertiary/aromatic N) is 3. The Morgan fingerprint density at radius 1 is 0.786 bits per heavy atom. The van der Waals surface area contributed by atoms with E-state index in [2.05, 4.69) is 21.6 Å². The van der Waals surface area contributed by atoms with E-state index in [1.54, 1.807) is 0 Å². The van der Waals surface area contributed by atoms with Crippen LogP contribution in [-0.4, -0.2) is 97.9 Å². The summed E-state index contributed by atoms with van der Waals surface area (Å²) in [4.78, 5) is 7.32. The van der Waals surface area contributed by atoms with Gasteiger partial charge in [0.2, 0.25) is 0 Å². The maximum absolute atomic E-state index is 10.4. The quantitative estimate of drug-likeness (QED) is 0.304. The van der Waals surface area contributed by atoms with Crippen molar-refractivity contribution in [2.45, 2.75) is 70.8 Å². The zero-order valence-corrected chi connectivity index (χ0v) is 18.7. The minimum atomic E-state index is -0.215. The van der Waals surface area contributed by atoms with Crippen molar-refractivity contribution in [1.82, 2.24) is 14.7 Å². The van der Waals surface area contributed by atoms with Crippen LogP contribution in [0.5, 0.6) is 0 Å². The molecule has 0 saturated carbocycles. The lowest BCUT2D eigenvalue weighted by Crippen LogP contribution is -2.50. The maximum Gasteiger partial charge on any atom is 0.0667 e. The Balaban J connectivity index is 2.11. The molecular weight excluding hydrogens is 350 g/mol. The number of rotatable bonds is 18. The third-order valence-corrected chi connectivity index (χ3v) is 5.95. The SMILES string of the molecule is CCCCCCCCCCC(O)CN(CCN)CCN1CCN(CCN)CC1. The molecule has 6 nitrogen and oxygen atoms in total. The number of unbranched alkanes of at least 4 members (excludes halogenated alkanes) is 7. The van der Waals surface area contributed by atoms with Gasteiger partial charge in [-0.3, -0.25) is 14.7 Å². The molecule has 1 fully saturated rings. The molecular formula is C22H49N5O. The Kier molecular flexibility index (Phi) is 16.2. The minimum absolute atomic E-state index is 0.215. The molecule has 0 aromatic rings. The topological polar surface area (TPSA) is 82.0 Å². The zero-order chi connectivity index (χ0) is 20.5. The lowest BCUT2D eigenvalue weighted by molar-refractivity contribution is 0.0854. The zero-order valence-electron chi connectivity index (χ0n) is 18.7. The Hall–Kier alpha value is -0.240. The van der Waals surface area contributed by atoms with Crippen LogP contribution in [0.1, 0.15) is 64.7 Å². The average molecular weight is 400 g/mol. The van der Waals surface area contributed by atoms with Crippen molar-refractivity contribution in [3.05, 3.63) is 0 Å². The van der Waals surface area contributed by atoms with Gasteiger partial charge in [0.1, 0.15) is 0 Å². The minimum Gasteiger partial charge on any atom is -0.392 e. The van der Waals surface area contributed by atoms with Crippen LogP contribution in [0.3, 0.4) is 0 Å². The summed E-state index contributed by atoms with van der Waals surface area (Å²) < 4.78 is 0. The van der Waals surface area contributed by atoms with E-state index in [1.165, 1.54) is 44.9 Å². The van der Waals surface area contributed by atoms with Gasteiger partial charge in [-0.2, -0.15) is 0 Å². The van der Waals surface area contributed by atoms with Crippen molar-refractivity contribution in [1.29, 1.82) is 0 Å². The molecule has 1 saturated heterocycles. The summed E-state index contributed by atoms with van der Waals surface area (Å²) in [6.07, 6.45) is 11.2. The summed E-state index contributed by atoms with van der Waals surface area (Å²) in [5, 5.41) is 10.4. The van der Waals surface area contributed by atoms with E-state index in [0.29, 0.717) is 6.54 Å². The molecule has 0 bridgehead atoms. The Morgan fingerprint density at radius 3 is 1.93 bits per heavy atom. The first kappa shape index (κ1) is 25.8. The molecule has 1 aliphatic rings. The van der Waals surface area contributed by atoms with Crippen molar-refractivity contribution in [3.63, 3.8) is 0 Å². The van der Waals surface area contributed by atoms with Gasteiger partial charge >= 0.3 is 0 Å². The summed E-state index contributed by atoms with van der Waals surface area (Å²) in [6.45, 7) is 12.9. The average Bonchev–Trinajstić information content (AvgIpc) is 2.69. The van der Waals surface area contributed by atoms with Gasteiger partial charge in [-0.15, -0.1) is 0 Å². The highest BCUT2D eigenvalue weighted by Gasteiger charge is 2.17. The Bertz CT molecular complexity index is 337. The van der Waals surface area contributed by atoms with E-state index in [0.717, 1.165) is 78.3 Å². The third kappa shape index (κ3) is 13.1. The molecule has 1 heterocycles. The van der Waals surface area contributed by atoms with Gasteiger partial charge in [-0.1, -0.05) is 58.3 Å². The predicted molar refractivity (Wildman–Crippen MR) is 121 cm³/mol. The van der Waals surface area contributed by atoms with Crippen LogP contribution >= 0.6 is 0 Å². The Morgan fingerprint density at radius 2 is 1.36 bits per heavy atom. The first-order valence-corrected chi connectivity index (χ1v) is 11.9. The second-order valence-electron chi connectivity index (χ2n) is 8.48. The molecule has 6 heteroatoms. The van der Waals surface area contributed by atoms with Crippen LogP contribution in [0.2, 0.25) is 0 Å². The first-order valence-electron chi connectivity index (χ1n) is 11.9. The summed E-state index contributed by atoms with van der Waals surface area (Å²) >= 11 is 0. The summed E-state index contributed by atoms with van der Waals surface area (Å²) in [5.41, 5.74) is 11.5. The van der Waals surface area contributed by atoms with Crippen LogP contribution in [0.15, 0.2) is 0 Å². The molecule has 1 unspecified atom stereocenters. The lowest BCUT2D eigenvalue weighted by atomic mass is 10.1. The maximum atomic E-state index is 10.4. The molecule has 168 valence electrons. The highest BCUT2D eigenvalue weighted by atomic mass is 16.3. The predicted octanol–water partition coefficient (Wildman–Crippen LogP) is 1.72. The molecule has 0 aromatic carbocycles. The second-order valence-corrected chi connectivity index (χ2v) is 8.48. The first-order chi connectivity index (χ1) is 13.7.